The van der Waals surface area contributed by atoms with Gasteiger partial charge in [0, 0.05) is 5.56 Å². The van der Waals surface area contributed by atoms with Gasteiger partial charge in [-0.3, -0.25) is 9.59 Å². The van der Waals surface area contributed by atoms with Crippen LogP contribution >= 0.6 is 0 Å². The molecule has 1 N–H and O–H groups in total. The van der Waals surface area contributed by atoms with Crippen molar-refractivity contribution < 1.29 is 28.6 Å². The average molecular weight is 403 g/mol. The highest BCUT2D eigenvalue weighted by atomic mass is 16.7. The number of likely N-dealkylation sites (tertiary alicyclic amines) is 1. The smallest absolute Gasteiger partial charge is 0.296 e. The number of hydrogen-bond acceptors (Lipinski definition) is 6. The molecule has 1 atom stereocenters. The largest absolute Gasteiger partial charge is 0.507 e. The molecule has 7 nitrogen and oxygen atoms in total. The number of carbonyl (C=O) groups is 2. The van der Waals surface area contributed by atoms with Crippen LogP contribution in [0.5, 0.6) is 11.5 Å². The van der Waals surface area contributed by atoms with Crippen molar-refractivity contribution in [2.24, 2.45) is 0 Å². The number of carbonyl (C=O) groups excluding carboxylic acids is 2. The van der Waals surface area contributed by atoms with Crippen LogP contribution in [0.3, 0.4) is 0 Å². The second-order valence-corrected chi connectivity index (χ2v) is 6.99. The van der Waals surface area contributed by atoms with E-state index in [1.165, 1.54) is 11.2 Å². The molecule has 0 bridgehead atoms. The van der Waals surface area contributed by atoms with Gasteiger partial charge in [-0.2, -0.15) is 0 Å². The second kappa shape index (κ2) is 7.11. The Balaban J connectivity index is 1.64. The Bertz CT molecular complexity index is 1150. The number of rotatable bonds is 4. The maximum Gasteiger partial charge on any atom is 0.296 e. The standard InChI is InChI=1S/C23H17NO6/c25-21(15-8-9-17-18(11-15)30-13-29-17)19-20(14-5-2-1-3-6-14)24(23(27)22(19)26)12-16-7-4-10-28-16/h1-11,20,25H,12-13H2/b21-19-. The summed E-state index contributed by atoms with van der Waals surface area (Å²) < 4.78 is 16.1. The summed E-state index contributed by atoms with van der Waals surface area (Å²) in [5.41, 5.74) is 1.11. The van der Waals surface area contributed by atoms with Crippen LogP contribution in [0.1, 0.15) is 22.9 Å². The molecule has 2 aliphatic heterocycles. The number of aliphatic hydroxyl groups is 1. The summed E-state index contributed by atoms with van der Waals surface area (Å²) in [6, 6.07) is 16.7. The summed E-state index contributed by atoms with van der Waals surface area (Å²) in [6.07, 6.45) is 1.51. The first-order valence-electron chi connectivity index (χ1n) is 9.39. The zero-order valence-corrected chi connectivity index (χ0v) is 15.8. The Morgan fingerprint density at radius 1 is 1.00 bits per heavy atom. The summed E-state index contributed by atoms with van der Waals surface area (Å²) in [5.74, 6) is -0.124. The molecule has 0 saturated carbocycles. The summed E-state index contributed by atoms with van der Waals surface area (Å²) in [4.78, 5) is 27.3. The van der Waals surface area contributed by atoms with Crippen LogP contribution < -0.4 is 9.47 Å². The molecule has 5 rings (SSSR count). The van der Waals surface area contributed by atoms with Crippen LogP contribution in [-0.4, -0.2) is 28.5 Å². The van der Waals surface area contributed by atoms with E-state index < -0.39 is 17.7 Å². The Labute approximate surface area is 171 Å². The number of fused-ring (bicyclic) bond motifs is 1. The van der Waals surface area contributed by atoms with Gasteiger partial charge in [0.25, 0.3) is 11.7 Å². The third kappa shape index (κ3) is 2.91. The number of hydrogen-bond donors (Lipinski definition) is 1. The minimum atomic E-state index is -0.748. The van der Waals surface area contributed by atoms with E-state index >= 15 is 0 Å². The highest BCUT2D eigenvalue weighted by Crippen LogP contribution is 2.41. The number of Topliss-reactive ketones (excluding diaryl/α,β-unsaturated/α-hetero) is 1. The molecule has 2 aromatic carbocycles. The van der Waals surface area contributed by atoms with Crippen LogP contribution in [0.4, 0.5) is 0 Å². The fourth-order valence-corrected chi connectivity index (χ4v) is 3.79. The van der Waals surface area contributed by atoms with Crippen molar-refractivity contribution in [3.8, 4) is 11.5 Å². The number of ether oxygens (including phenoxy) is 2. The van der Waals surface area contributed by atoms with Gasteiger partial charge in [0.15, 0.2) is 11.5 Å². The molecular weight excluding hydrogens is 386 g/mol. The first-order chi connectivity index (χ1) is 14.6. The lowest BCUT2D eigenvalue weighted by Crippen LogP contribution is -2.29. The Hall–Kier alpha value is -4.00. The van der Waals surface area contributed by atoms with Gasteiger partial charge in [0.2, 0.25) is 6.79 Å². The van der Waals surface area contributed by atoms with Crippen LogP contribution in [0.15, 0.2) is 76.9 Å². The van der Waals surface area contributed by atoms with Gasteiger partial charge in [0.1, 0.15) is 11.5 Å². The van der Waals surface area contributed by atoms with Gasteiger partial charge in [-0.1, -0.05) is 30.3 Å². The minimum absolute atomic E-state index is 0.0246. The van der Waals surface area contributed by atoms with E-state index in [1.807, 2.05) is 30.3 Å². The zero-order valence-electron chi connectivity index (χ0n) is 15.8. The molecule has 0 aliphatic carbocycles. The van der Waals surface area contributed by atoms with Crippen molar-refractivity contribution in [3.05, 3.63) is 89.4 Å². The molecule has 3 heterocycles. The quantitative estimate of drug-likeness (QED) is 0.407. The molecule has 1 aromatic heterocycles. The third-order valence-corrected chi connectivity index (χ3v) is 5.21. The number of aliphatic hydroxyl groups excluding tert-OH is 1. The Kier molecular flexibility index (Phi) is 4.28. The van der Waals surface area contributed by atoms with Crippen molar-refractivity contribution in [1.29, 1.82) is 0 Å². The highest BCUT2D eigenvalue weighted by molar-refractivity contribution is 6.46. The van der Waals surface area contributed by atoms with Gasteiger partial charge in [-0.15, -0.1) is 0 Å². The lowest BCUT2D eigenvalue weighted by Gasteiger charge is -2.24. The number of ketones is 1. The van der Waals surface area contributed by atoms with E-state index in [0.29, 0.717) is 28.4 Å². The normalized spacial score (nSPS) is 19.5. The summed E-state index contributed by atoms with van der Waals surface area (Å²) >= 11 is 0. The van der Waals surface area contributed by atoms with Gasteiger partial charge in [-0.05, 0) is 35.9 Å². The maximum atomic E-state index is 13.0. The number of amides is 1. The lowest BCUT2D eigenvalue weighted by atomic mass is 9.95. The molecule has 1 saturated heterocycles. The van der Waals surface area contributed by atoms with Gasteiger partial charge in [-0.25, -0.2) is 0 Å². The Morgan fingerprint density at radius 3 is 2.57 bits per heavy atom. The summed E-state index contributed by atoms with van der Waals surface area (Å²) in [7, 11) is 0. The monoisotopic (exact) mass is 403 g/mol. The van der Waals surface area contributed by atoms with Crippen molar-refractivity contribution in [3.63, 3.8) is 0 Å². The molecule has 150 valence electrons. The van der Waals surface area contributed by atoms with Crippen molar-refractivity contribution in [2.45, 2.75) is 12.6 Å². The molecular formula is C23H17NO6. The SMILES string of the molecule is O=C1C(=O)N(Cc2ccco2)C(c2ccccc2)/C1=C(/O)c1ccc2c(c1)OCO2. The molecule has 7 heteroatoms. The van der Waals surface area contributed by atoms with Crippen LogP contribution in [0.2, 0.25) is 0 Å². The van der Waals surface area contributed by atoms with E-state index in [2.05, 4.69) is 0 Å². The van der Waals surface area contributed by atoms with Crippen molar-refractivity contribution in [1.82, 2.24) is 4.90 Å². The Morgan fingerprint density at radius 2 is 1.80 bits per heavy atom. The molecule has 0 spiro atoms. The third-order valence-electron chi connectivity index (χ3n) is 5.21. The summed E-state index contributed by atoms with van der Waals surface area (Å²) in [6.45, 7) is 0.201. The first-order valence-corrected chi connectivity index (χ1v) is 9.39. The fraction of sp³-hybridized carbons (Fsp3) is 0.130. The predicted octanol–water partition coefficient (Wildman–Crippen LogP) is 3.63. The van der Waals surface area contributed by atoms with Crippen molar-refractivity contribution in [2.75, 3.05) is 6.79 Å². The fourth-order valence-electron chi connectivity index (χ4n) is 3.79. The predicted molar refractivity (Wildman–Crippen MR) is 106 cm³/mol. The highest BCUT2D eigenvalue weighted by Gasteiger charge is 2.46. The van der Waals surface area contributed by atoms with E-state index in [9.17, 15) is 14.7 Å². The topological polar surface area (TPSA) is 89.2 Å². The number of nitrogens with zero attached hydrogens (tertiary/aromatic N) is 1. The number of benzene rings is 2. The molecule has 2 aliphatic rings. The lowest BCUT2D eigenvalue weighted by molar-refractivity contribution is -0.140. The van der Waals surface area contributed by atoms with E-state index in [0.717, 1.165) is 0 Å². The van der Waals surface area contributed by atoms with E-state index in [-0.39, 0.29) is 24.7 Å². The second-order valence-electron chi connectivity index (χ2n) is 6.99. The number of furan rings is 1. The minimum Gasteiger partial charge on any atom is -0.507 e. The average Bonchev–Trinajstić information content (AvgIpc) is 3.50. The molecule has 3 aromatic rings. The van der Waals surface area contributed by atoms with E-state index in [1.54, 1.807) is 30.3 Å². The van der Waals surface area contributed by atoms with Crippen LogP contribution in [0, 0.1) is 0 Å². The molecule has 1 fully saturated rings. The zero-order chi connectivity index (χ0) is 20.7. The van der Waals surface area contributed by atoms with Crippen LogP contribution in [0.25, 0.3) is 5.76 Å². The summed E-state index contributed by atoms with van der Waals surface area (Å²) in [5, 5.41) is 11.1. The molecule has 1 unspecified atom stereocenters. The van der Waals surface area contributed by atoms with E-state index in [4.69, 9.17) is 13.9 Å². The molecule has 30 heavy (non-hydrogen) atoms. The van der Waals surface area contributed by atoms with Crippen LogP contribution in [-0.2, 0) is 16.1 Å². The molecule has 0 radical (unpaired) electrons. The van der Waals surface area contributed by atoms with Gasteiger partial charge < -0.3 is 23.9 Å². The molecule has 1 amide bonds. The van der Waals surface area contributed by atoms with Gasteiger partial charge in [0.05, 0.1) is 24.4 Å². The van der Waals surface area contributed by atoms with Crippen molar-refractivity contribution >= 4 is 17.4 Å². The first kappa shape index (κ1) is 18.1. The van der Waals surface area contributed by atoms with Gasteiger partial charge >= 0.3 is 0 Å². The maximum absolute atomic E-state index is 13.0.